The second-order valence-electron chi connectivity index (χ2n) is 10.7. The van der Waals surface area contributed by atoms with Gasteiger partial charge < -0.3 is 25.4 Å². The Bertz CT molecular complexity index is 1930. The molecule has 0 bridgehead atoms. The molecule has 0 heterocycles. The Kier molecular flexibility index (Phi) is 11.3. The number of aryl methyl sites for hydroxylation is 1. The van der Waals surface area contributed by atoms with E-state index in [1.54, 1.807) is 66.7 Å². The van der Waals surface area contributed by atoms with Crippen molar-refractivity contribution in [2.45, 2.75) is 17.1 Å². The fraction of sp³-hybridized carbons (Fsp3) is 0.103. The summed E-state index contributed by atoms with van der Waals surface area (Å²) >= 11 is 1.37. The third kappa shape index (κ3) is 8.92. The third-order valence-corrected chi connectivity index (χ3v) is 8.47. The number of rotatable bonds is 12. The minimum Gasteiger partial charge on any atom is -0.493 e. The number of thioether (sulfide) groups is 1. The number of hydrogen-bond donors (Lipinski definition) is 3. The van der Waals surface area contributed by atoms with E-state index in [4.69, 9.17) is 9.47 Å². The Morgan fingerprint density at radius 2 is 1.35 bits per heavy atom. The number of ether oxygens (including phenoxy) is 2. The molecule has 0 saturated carbocycles. The highest BCUT2D eigenvalue weighted by Gasteiger charge is 2.23. The Morgan fingerprint density at radius 3 is 2.04 bits per heavy atom. The van der Waals surface area contributed by atoms with E-state index >= 15 is 0 Å². The van der Waals surface area contributed by atoms with Crippen molar-refractivity contribution in [3.05, 3.63) is 155 Å². The first-order valence-corrected chi connectivity index (χ1v) is 16.0. The average molecular weight is 658 g/mol. The van der Waals surface area contributed by atoms with Gasteiger partial charge in [-0.1, -0.05) is 72.8 Å². The molecule has 0 aromatic heterocycles. The fourth-order valence-electron chi connectivity index (χ4n) is 4.86. The lowest BCUT2D eigenvalue weighted by Crippen LogP contribution is -2.30. The first-order valence-electron chi connectivity index (χ1n) is 15.1. The molecule has 5 rings (SSSR count). The van der Waals surface area contributed by atoms with E-state index in [1.165, 1.54) is 26.0 Å². The highest BCUT2D eigenvalue weighted by atomic mass is 32.2. The topological polar surface area (TPSA) is 106 Å². The lowest BCUT2D eigenvalue weighted by Gasteiger charge is -2.18. The minimum absolute atomic E-state index is 0.0221. The predicted octanol–water partition coefficient (Wildman–Crippen LogP) is 7.89. The van der Waals surface area contributed by atoms with Gasteiger partial charge in [-0.15, -0.1) is 11.8 Å². The largest absolute Gasteiger partial charge is 0.493 e. The van der Waals surface area contributed by atoms with Crippen LogP contribution in [0, 0.1) is 6.92 Å². The molecule has 0 radical (unpaired) electrons. The summed E-state index contributed by atoms with van der Waals surface area (Å²) in [5, 5.41) is 8.14. The molecule has 5 aromatic rings. The molecule has 242 valence electrons. The number of methoxy groups -OCH3 is 2. The number of carbonyl (C=O) groups is 3. The molecule has 8 nitrogen and oxygen atoms in total. The maximum atomic E-state index is 13.7. The van der Waals surface area contributed by atoms with Gasteiger partial charge in [-0.3, -0.25) is 14.4 Å². The van der Waals surface area contributed by atoms with Crippen LogP contribution in [0.4, 0.5) is 11.4 Å². The molecule has 9 heteroatoms. The van der Waals surface area contributed by atoms with Gasteiger partial charge in [0, 0.05) is 21.8 Å². The van der Waals surface area contributed by atoms with Gasteiger partial charge in [-0.25, -0.2) is 0 Å². The first-order chi connectivity index (χ1) is 23.3. The molecular weight excluding hydrogens is 623 g/mol. The predicted molar refractivity (Wildman–Crippen MR) is 191 cm³/mol. The van der Waals surface area contributed by atoms with Gasteiger partial charge in [0.1, 0.15) is 10.9 Å². The van der Waals surface area contributed by atoms with Crippen LogP contribution in [-0.2, 0) is 9.59 Å². The van der Waals surface area contributed by atoms with Gasteiger partial charge in [0.05, 0.1) is 14.2 Å². The van der Waals surface area contributed by atoms with Crippen molar-refractivity contribution in [1.29, 1.82) is 0 Å². The van der Waals surface area contributed by atoms with E-state index in [-0.39, 0.29) is 11.6 Å². The molecule has 48 heavy (non-hydrogen) atoms. The number of hydrogen-bond acceptors (Lipinski definition) is 6. The standard InChI is InChI=1S/C39H35N3O5S/c1-26-12-10-17-30(22-26)41-39(45)36(28-13-6-4-7-14-28)48-32-19-11-18-31(25-32)40-38(44)33(42-37(43)29-15-8-5-9-16-29)23-27-20-21-34(46-2)35(24-27)47-3/h4-25,36H,1-3H3,(H,40,44)(H,41,45)(H,42,43)/b33-23+. The summed E-state index contributed by atoms with van der Waals surface area (Å²) in [6, 6.07) is 38.3. The number of anilines is 2. The molecule has 1 atom stereocenters. The molecule has 0 aliphatic rings. The summed E-state index contributed by atoms with van der Waals surface area (Å²) in [6.07, 6.45) is 1.57. The van der Waals surface area contributed by atoms with Crippen molar-refractivity contribution in [2.24, 2.45) is 0 Å². The summed E-state index contributed by atoms with van der Waals surface area (Å²) in [7, 11) is 3.06. The molecule has 3 amide bonds. The summed E-state index contributed by atoms with van der Waals surface area (Å²) < 4.78 is 10.8. The van der Waals surface area contributed by atoms with Crippen molar-refractivity contribution in [3.8, 4) is 11.5 Å². The van der Waals surface area contributed by atoms with Crippen LogP contribution in [0.5, 0.6) is 11.5 Å². The molecule has 3 N–H and O–H groups in total. The van der Waals surface area contributed by atoms with Gasteiger partial charge in [0.25, 0.3) is 11.8 Å². The van der Waals surface area contributed by atoms with E-state index < -0.39 is 17.1 Å². The average Bonchev–Trinajstić information content (AvgIpc) is 3.11. The highest BCUT2D eigenvalue weighted by molar-refractivity contribution is 8.00. The lowest BCUT2D eigenvalue weighted by atomic mass is 10.1. The summed E-state index contributed by atoms with van der Waals surface area (Å²) in [4.78, 5) is 41.2. The third-order valence-electron chi connectivity index (χ3n) is 7.22. The zero-order valence-electron chi connectivity index (χ0n) is 26.7. The Labute approximate surface area is 284 Å². The SMILES string of the molecule is COc1ccc(/C=C(/NC(=O)c2ccccc2)C(=O)Nc2cccc(SC(C(=O)Nc3cccc(C)c3)c3ccccc3)c2)cc1OC. The molecule has 0 spiro atoms. The minimum atomic E-state index is -0.566. The second kappa shape index (κ2) is 16.2. The quantitative estimate of drug-likeness (QED) is 0.0931. The Balaban J connectivity index is 1.40. The van der Waals surface area contributed by atoms with Crippen LogP contribution in [0.25, 0.3) is 6.08 Å². The van der Waals surface area contributed by atoms with Crippen LogP contribution in [0.2, 0.25) is 0 Å². The molecule has 0 aliphatic carbocycles. The van der Waals surface area contributed by atoms with Gasteiger partial charge in [0.15, 0.2) is 11.5 Å². The number of carbonyl (C=O) groups excluding carboxylic acids is 3. The van der Waals surface area contributed by atoms with Gasteiger partial charge in [-0.2, -0.15) is 0 Å². The van der Waals surface area contributed by atoms with E-state index in [1.807, 2.05) is 73.7 Å². The molecule has 1 unspecified atom stereocenters. The van der Waals surface area contributed by atoms with E-state index in [2.05, 4.69) is 16.0 Å². The smallest absolute Gasteiger partial charge is 0.272 e. The van der Waals surface area contributed by atoms with E-state index in [0.29, 0.717) is 34.0 Å². The van der Waals surface area contributed by atoms with Gasteiger partial charge in [0.2, 0.25) is 5.91 Å². The molecule has 0 fully saturated rings. The summed E-state index contributed by atoms with van der Waals surface area (Å²) in [5.41, 5.74) is 4.12. The first kappa shape index (κ1) is 33.6. The second-order valence-corrected chi connectivity index (χ2v) is 11.9. The maximum Gasteiger partial charge on any atom is 0.272 e. The Morgan fingerprint density at radius 1 is 0.688 bits per heavy atom. The van der Waals surface area contributed by atoms with Crippen molar-refractivity contribution in [1.82, 2.24) is 5.32 Å². The van der Waals surface area contributed by atoms with Crippen LogP contribution >= 0.6 is 11.8 Å². The molecular formula is C39H35N3O5S. The molecule has 0 saturated heterocycles. The van der Waals surface area contributed by atoms with Crippen molar-refractivity contribution >= 4 is 46.9 Å². The molecule has 0 aliphatic heterocycles. The van der Waals surface area contributed by atoms with Gasteiger partial charge in [-0.05, 0) is 84.3 Å². The number of nitrogens with one attached hydrogen (secondary N) is 3. The van der Waals surface area contributed by atoms with Crippen LogP contribution < -0.4 is 25.4 Å². The zero-order chi connectivity index (χ0) is 33.9. The van der Waals surface area contributed by atoms with Crippen molar-refractivity contribution in [2.75, 3.05) is 24.9 Å². The number of benzene rings is 5. The monoisotopic (exact) mass is 657 g/mol. The highest BCUT2D eigenvalue weighted by Crippen LogP contribution is 2.37. The summed E-state index contributed by atoms with van der Waals surface area (Å²) in [5.74, 6) is -0.135. The Hall–Kier alpha value is -5.80. The number of amides is 3. The van der Waals surface area contributed by atoms with E-state index in [9.17, 15) is 14.4 Å². The van der Waals surface area contributed by atoms with Crippen LogP contribution in [0.1, 0.15) is 32.3 Å². The van der Waals surface area contributed by atoms with Gasteiger partial charge >= 0.3 is 0 Å². The van der Waals surface area contributed by atoms with Crippen LogP contribution in [-0.4, -0.2) is 31.9 Å². The zero-order valence-corrected chi connectivity index (χ0v) is 27.5. The lowest BCUT2D eigenvalue weighted by molar-refractivity contribution is -0.116. The van der Waals surface area contributed by atoms with Crippen molar-refractivity contribution in [3.63, 3.8) is 0 Å². The summed E-state index contributed by atoms with van der Waals surface area (Å²) in [6.45, 7) is 1.97. The van der Waals surface area contributed by atoms with Crippen molar-refractivity contribution < 1.29 is 23.9 Å². The van der Waals surface area contributed by atoms with Crippen LogP contribution in [0.15, 0.2) is 138 Å². The fourth-order valence-corrected chi connectivity index (χ4v) is 5.95. The normalized spacial score (nSPS) is 11.6. The van der Waals surface area contributed by atoms with E-state index in [0.717, 1.165) is 16.0 Å². The maximum absolute atomic E-state index is 13.7. The molecule has 5 aromatic carbocycles. The van der Waals surface area contributed by atoms with Crippen LogP contribution in [0.3, 0.4) is 0 Å².